The molecule has 5 heavy (non-hydrogen) atoms. The molecule has 0 radical (unpaired) electrons. The molecule has 0 aliphatic carbocycles. The van der Waals surface area contributed by atoms with Gasteiger partial charge in [-0.1, -0.05) is 5.47 Å². The zero-order valence-electron chi connectivity index (χ0n) is 3.36. The van der Waals surface area contributed by atoms with Crippen LogP contribution < -0.4 is 0 Å². The summed E-state index contributed by atoms with van der Waals surface area (Å²) < 4.78 is 0. The minimum atomic E-state index is 0.111. The van der Waals surface area contributed by atoms with Crippen molar-refractivity contribution in [3.8, 4) is 0 Å². The van der Waals surface area contributed by atoms with E-state index in [-0.39, 0.29) is 6.61 Å². The molecule has 0 spiro atoms. The molecule has 0 aliphatic rings. The van der Waals surface area contributed by atoms with Gasteiger partial charge in [-0.15, -0.1) is 6.58 Å². The van der Waals surface area contributed by atoms with Gasteiger partial charge in [0.1, 0.15) is 7.85 Å². The molecule has 1 N–H and O–H groups in total. The van der Waals surface area contributed by atoms with Crippen molar-refractivity contribution in [3.63, 3.8) is 0 Å². The van der Waals surface area contributed by atoms with Gasteiger partial charge in [0.15, 0.2) is 0 Å². The summed E-state index contributed by atoms with van der Waals surface area (Å²) in [5.41, 5.74) is 0.810. The lowest BCUT2D eigenvalue weighted by atomic mass is 10.00. The third-order valence-corrected chi connectivity index (χ3v) is 0.270. The smallest absolute Gasteiger partial charge is 0.136 e. The van der Waals surface area contributed by atoms with E-state index in [1.807, 2.05) is 0 Å². The SMILES string of the molecule is BC(=C)CO. The molecule has 2 heteroatoms. The van der Waals surface area contributed by atoms with Crippen LogP contribution in [0.2, 0.25) is 0 Å². The number of hydrogen-bond acceptors (Lipinski definition) is 1. The topological polar surface area (TPSA) is 20.2 Å². The van der Waals surface area contributed by atoms with E-state index >= 15 is 0 Å². The minimum absolute atomic E-state index is 0.111. The Balaban J connectivity index is 2.85. The highest BCUT2D eigenvalue weighted by molar-refractivity contribution is 6.21. The van der Waals surface area contributed by atoms with E-state index in [1.54, 1.807) is 7.85 Å². The van der Waals surface area contributed by atoms with Gasteiger partial charge in [0.25, 0.3) is 0 Å². The maximum absolute atomic E-state index is 8.04. The van der Waals surface area contributed by atoms with Gasteiger partial charge >= 0.3 is 0 Å². The van der Waals surface area contributed by atoms with Crippen molar-refractivity contribution in [3.05, 3.63) is 12.1 Å². The van der Waals surface area contributed by atoms with Crippen LogP contribution in [-0.2, 0) is 0 Å². The molecule has 0 aromatic carbocycles. The van der Waals surface area contributed by atoms with E-state index in [2.05, 4.69) is 6.58 Å². The van der Waals surface area contributed by atoms with E-state index in [9.17, 15) is 0 Å². The molecule has 1 nitrogen and oxygen atoms in total. The van der Waals surface area contributed by atoms with Gasteiger partial charge in [-0.25, -0.2) is 0 Å². The summed E-state index contributed by atoms with van der Waals surface area (Å²) in [6.07, 6.45) is 0. The third kappa shape index (κ3) is 3.76. The predicted octanol–water partition coefficient (Wildman–Crippen LogP) is -0.875. The second-order valence-electron chi connectivity index (χ2n) is 1.12. The highest BCUT2D eigenvalue weighted by Crippen LogP contribution is 1.69. The molecule has 0 saturated heterocycles. The van der Waals surface area contributed by atoms with Crippen molar-refractivity contribution in [2.75, 3.05) is 6.61 Å². The molecule has 0 bridgehead atoms. The highest BCUT2D eigenvalue weighted by Gasteiger charge is 1.69. The minimum Gasteiger partial charge on any atom is -0.393 e. The number of aliphatic hydroxyl groups is 1. The summed E-state index contributed by atoms with van der Waals surface area (Å²) in [4.78, 5) is 0. The molecule has 0 aromatic rings. The summed E-state index contributed by atoms with van der Waals surface area (Å²) in [6.45, 7) is 3.53. The van der Waals surface area contributed by atoms with E-state index < -0.39 is 0 Å². The molecule has 0 unspecified atom stereocenters. The van der Waals surface area contributed by atoms with Crippen LogP contribution in [0.4, 0.5) is 0 Å². The van der Waals surface area contributed by atoms with E-state index in [0.29, 0.717) is 0 Å². The highest BCUT2D eigenvalue weighted by atomic mass is 16.3. The average molecular weight is 69.9 g/mol. The van der Waals surface area contributed by atoms with Gasteiger partial charge in [-0.2, -0.15) is 0 Å². The van der Waals surface area contributed by atoms with Gasteiger partial charge in [0.2, 0.25) is 0 Å². The maximum Gasteiger partial charge on any atom is 0.136 e. The Hall–Kier alpha value is -0.235. The zero-order chi connectivity index (χ0) is 4.28. The lowest BCUT2D eigenvalue weighted by Gasteiger charge is -1.79. The number of hydrogen-bond donors (Lipinski definition) is 1. The first-order valence-electron chi connectivity index (χ1n) is 1.52. The fourth-order valence-electron chi connectivity index (χ4n) is 0. The van der Waals surface area contributed by atoms with Crippen molar-refractivity contribution < 1.29 is 5.11 Å². The first kappa shape index (κ1) is 4.76. The average Bonchev–Trinajstić information content (AvgIpc) is 1.38. The molecule has 0 rings (SSSR count). The molecular formula is C3H7BO. The van der Waals surface area contributed by atoms with Gasteiger partial charge in [0, 0.05) is 0 Å². The Morgan fingerprint density at radius 1 is 2.00 bits per heavy atom. The molecule has 0 fully saturated rings. The summed E-state index contributed by atoms with van der Waals surface area (Å²) >= 11 is 0. The Kier molecular flexibility index (Phi) is 1.94. The number of rotatable bonds is 1. The maximum atomic E-state index is 8.04. The van der Waals surface area contributed by atoms with Gasteiger partial charge in [-0.05, 0) is 0 Å². The Morgan fingerprint density at radius 2 is 2.20 bits per heavy atom. The van der Waals surface area contributed by atoms with Gasteiger partial charge in [-0.3, -0.25) is 0 Å². The standard InChI is InChI=1S/C3H7BO/c1-3(4)2-5/h5H,1-2,4H2. The fraction of sp³-hybridized carbons (Fsp3) is 0.333. The van der Waals surface area contributed by atoms with Crippen LogP contribution in [0.5, 0.6) is 0 Å². The molecule has 0 amide bonds. The third-order valence-electron chi connectivity index (χ3n) is 0.270. The van der Waals surface area contributed by atoms with Crippen LogP contribution in [0.15, 0.2) is 12.1 Å². The first-order valence-corrected chi connectivity index (χ1v) is 1.52. The van der Waals surface area contributed by atoms with Crippen LogP contribution in [0.1, 0.15) is 0 Å². The molecule has 0 heterocycles. The monoisotopic (exact) mass is 70.1 g/mol. The van der Waals surface area contributed by atoms with E-state index in [0.717, 1.165) is 5.47 Å². The lowest BCUT2D eigenvalue weighted by molar-refractivity contribution is 0.339. The van der Waals surface area contributed by atoms with Crippen LogP contribution in [0.25, 0.3) is 0 Å². The largest absolute Gasteiger partial charge is 0.393 e. The first-order chi connectivity index (χ1) is 2.27. The van der Waals surface area contributed by atoms with E-state index in [4.69, 9.17) is 5.11 Å². The second kappa shape index (κ2) is 2.03. The molecule has 0 aromatic heterocycles. The van der Waals surface area contributed by atoms with Crippen molar-refractivity contribution in [2.45, 2.75) is 0 Å². The van der Waals surface area contributed by atoms with Gasteiger partial charge < -0.3 is 5.11 Å². The Labute approximate surface area is 32.7 Å². The molecule has 0 saturated carbocycles. The van der Waals surface area contributed by atoms with Crippen LogP contribution >= 0.6 is 0 Å². The molecular weight excluding hydrogens is 62.8 g/mol. The zero-order valence-corrected chi connectivity index (χ0v) is 3.36. The lowest BCUT2D eigenvalue weighted by Crippen LogP contribution is -1.82. The van der Waals surface area contributed by atoms with Crippen molar-refractivity contribution in [1.29, 1.82) is 0 Å². The fourth-order valence-corrected chi connectivity index (χ4v) is 0. The number of aliphatic hydroxyl groups excluding tert-OH is 1. The molecule has 28 valence electrons. The summed E-state index contributed by atoms with van der Waals surface area (Å²) in [5.74, 6) is 0. The summed E-state index contributed by atoms with van der Waals surface area (Å²) in [5, 5.41) is 8.04. The second-order valence-corrected chi connectivity index (χ2v) is 1.12. The van der Waals surface area contributed by atoms with Crippen LogP contribution in [-0.4, -0.2) is 19.6 Å². The summed E-state index contributed by atoms with van der Waals surface area (Å²) in [7, 11) is 1.78. The molecule has 0 aliphatic heterocycles. The van der Waals surface area contributed by atoms with Crippen molar-refractivity contribution in [1.82, 2.24) is 0 Å². The normalized spacial score (nSPS) is 7.40. The Bertz CT molecular complexity index is 42.2. The quantitative estimate of drug-likeness (QED) is 0.397. The summed E-state index contributed by atoms with van der Waals surface area (Å²) in [6, 6.07) is 0. The van der Waals surface area contributed by atoms with Crippen LogP contribution in [0, 0.1) is 0 Å². The van der Waals surface area contributed by atoms with Crippen molar-refractivity contribution in [2.24, 2.45) is 0 Å². The van der Waals surface area contributed by atoms with Crippen LogP contribution in [0.3, 0.4) is 0 Å². The predicted molar refractivity (Wildman–Crippen MR) is 24.8 cm³/mol. The van der Waals surface area contributed by atoms with Gasteiger partial charge in [0.05, 0.1) is 6.61 Å². The molecule has 0 atom stereocenters. The van der Waals surface area contributed by atoms with Crippen molar-refractivity contribution >= 4 is 7.85 Å². The van der Waals surface area contributed by atoms with E-state index in [1.165, 1.54) is 0 Å². The Morgan fingerprint density at radius 3 is 2.20 bits per heavy atom.